The number of nitrogen functional groups attached to an aromatic ring is 1. The van der Waals surface area contributed by atoms with Crippen LogP contribution in [0.25, 0.3) is 5.69 Å². The van der Waals surface area contributed by atoms with Crippen molar-refractivity contribution >= 4 is 5.82 Å². The molecule has 0 saturated heterocycles. The second-order valence-electron chi connectivity index (χ2n) is 3.00. The molecule has 0 spiro atoms. The number of nitrogens with zero attached hydrogens (tertiary/aromatic N) is 3. The molecule has 0 saturated carbocycles. The number of pyridine rings is 1. The summed E-state index contributed by atoms with van der Waals surface area (Å²) in [5, 5.41) is 4.06. The van der Waals surface area contributed by atoms with Crippen LogP contribution < -0.4 is 11.6 Å². The first-order valence-electron chi connectivity index (χ1n) is 4.38. The van der Waals surface area contributed by atoms with Crippen molar-refractivity contribution in [3.8, 4) is 5.69 Å². The predicted octanol–water partition coefficient (Wildman–Crippen LogP) is 0.240. The van der Waals surface area contributed by atoms with E-state index in [-0.39, 0.29) is 0 Å². The molecule has 0 radical (unpaired) electrons. The number of hydrogen-bond donors (Lipinski definition) is 2. The van der Waals surface area contributed by atoms with Crippen molar-refractivity contribution in [3.63, 3.8) is 0 Å². The summed E-state index contributed by atoms with van der Waals surface area (Å²) in [5.74, 6) is 5.42. The molecule has 2 rings (SSSR count). The maximum absolute atomic E-state index is 5.50. The third-order valence-corrected chi connectivity index (χ3v) is 1.91. The summed E-state index contributed by atoms with van der Waals surface area (Å²) < 4.78 is 1.65. The molecule has 2 aromatic heterocycles. The molecule has 0 unspecified atom stereocenters. The molecule has 0 atom stereocenters. The lowest BCUT2D eigenvalue weighted by atomic mass is 10.3. The SMILES string of the molecule is NOCc1ccc(-n2ccc(N)n2)cn1. The lowest BCUT2D eigenvalue weighted by molar-refractivity contribution is 0.121. The summed E-state index contributed by atoms with van der Waals surface area (Å²) >= 11 is 0. The largest absolute Gasteiger partial charge is 0.382 e. The highest BCUT2D eigenvalue weighted by molar-refractivity contribution is 5.33. The molecule has 0 aliphatic heterocycles. The molecule has 0 fully saturated rings. The number of hydrogen-bond acceptors (Lipinski definition) is 5. The van der Waals surface area contributed by atoms with Crippen LogP contribution >= 0.6 is 0 Å². The van der Waals surface area contributed by atoms with Gasteiger partial charge >= 0.3 is 0 Å². The number of rotatable bonds is 3. The van der Waals surface area contributed by atoms with Gasteiger partial charge in [0, 0.05) is 12.3 Å². The molecule has 15 heavy (non-hydrogen) atoms. The fourth-order valence-corrected chi connectivity index (χ4v) is 1.20. The number of aromatic nitrogens is 3. The fourth-order valence-electron chi connectivity index (χ4n) is 1.20. The van der Waals surface area contributed by atoms with Gasteiger partial charge in [-0.05, 0) is 12.1 Å². The van der Waals surface area contributed by atoms with Crippen LogP contribution in [0.3, 0.4) is 0 Å². The predicted molar refractivity (Wildman–Crippen MR) is 54.7 cm³/mol. The zero-order valence-electron chi connectivity index (χ0n) is 8.00. The second-order valence-corrected chi connectivity index (χ2v) is 3.00. The first kappa shape index (κ1) is 9.63. The van der Waals surface area contributed by atoms with Crippen LogP contribution in [0.1, 0.15) is 5.69 Å². The minimum absolute atomic E-state index is 0.293. The highest BCUT2D eigenvalue weighted by Crippen LogP contribution is 2.08. The van der Waals surface area contributed by atoms with Crippen LogP contribution in [0.15, 0.2) is 30.6 Å². The van der Waals surface area contributed by atoms with E-state index >= 15 is 0 Å². The average Bonchev–Trinajstić information content (AvgIpc) is 2.67. The van der Waals surface area contributed by atoms with Gasteiger partial charge in [0.25, 0.3) is 0 Å². The van der Waals surface area contributed by atoms with Crippen LogP contribution in [0.2, 0.25) is 0 Å². The summed E-state index contributed by atoms with van der Waals surface area (Å²) in [6.45, 7) is 0.293. The summed E-state index contributed by atoms with van der Waals surface area (Å²) in [5.41, 5.74) is 7.11. The van der Waals surface area contributed by atoms with Crippen LogP contribution in [0, 0.1) is 0 Å². The molecule has 0 aliphatic carbocycles. The highest BCUT2D eigenvalue weighted by atomic mass is 16.6. The molecule has 0 amide bonds. The third-order valence-electron chi connectivity index (χ3n) is 1.91. The maximum atomic E-state index is 5.50. The minimum atomic E-state index is 0.293. The smallest absolute Gasteiger partial charge is 0.145 e. The molecular formula is C9H11N5O. The Morgan fingerprint density at radius 1 is 1.33 bits per heavy atom. The topological polar surface area (TPSA) is 92.0 Å². The Morgan fingerprint density at radius 2 is 2.20 bits per heavy atom. The standard InChI is InChI=1S/C9H11N5O/c10-9-3-4-14(13-9)8-2-1-7(6-15-11)12-5-8/h1-5H,6,11H2,(H2,10,13). The van der Waals surface area contributed by atoms with Gasteiger partial charge in [-0.3, -0.25) is 9.82 Å². The van der Waals surface area contributed by atoms with E-state index in [0.717, 1.165) is 11.4 Å². The molecule has 0 aliphatic rings. The number of anilines is 1. The monoisotopic (exact) mass is 205 g/mol. The Kier molecular flexibility index (Phi) is 2.61. The molecule has 6 heteroatoms. The van der Waals surface area contributed by atoms with E-state index in [1.54, 1.807) is 23.1 Å². The van der Waals surface area contributed by atoms with Gasteiger partial charge in [0.2, 0.25) is 0 Å². The molecule has 78 valence electrons. The zero-order valence-corrected chi connectivity index (χ0v) is 8.00. The van der Waals surface area contributed by atoms with Gasteiger partial charge in [0.1, 0.15) is 12.4 Å². The van der Waals surface area contributed by atoms with Crippen LogP contribution in [-0.4, -0.2) is 14.8 Å². The Bertz CT molecular complexity index is 436. The molecule has 0 aromatic carbocycles. The average molecular weight is 205 g/mol. The summed E-state index contributed by atoms with van der Waals surface area (Å²) in [6, 6.07) is 5.41. The molecule has 0 bridgehead atoms. The van der Waals surface area contributed by atoms with Crippen molar-refractivity contribution in [2.45, 2.75) is 6.61 Å². The lowest BCUT2D eigenvalue weighted by Crippen LogP contribution is -2.02. The molecule has 2 aromatic rings. The van der Waals surface area contributed by atoms with Crippen LogP contribution in [0.5, 0.6) is 0 Å². The number of nitrogens with two attached hydrogens (primary N) is 2. The van der Waals surface area contributed by atoms with E-state index in [1.807, 2.05) is 12.1 Å². The summed E-state index contributed by atoms with van der Waals surface area (Å²) in [6.07, 6.45) is 3.45. The van der Waals surface area contributed by atoms with Crippen LogP contribution in [0.4, 0.5) is 5.82 Å². The summed E-state index contributed by atoms with van der Waals surface area (Å²) in [7, 11) is 0. The quantitative estimate of drug-likeness (QED) is 0.700. The van der Waals surface area contributed by atoms with E-state index in [0.29, 0.717) is 12.4 Å². The van der Waals surface area contributed by atoms with E-state index < -0.39 is 0 Å². The Morgan fingerprint density at radius 3 is 2.73 bits per heavy atom. The Balaban J connectivity index is 2.23. The second kappa shape index (κ2) is 4.07. The molecular weight excluding hydrogens is 194 g/mol. The van der Waals surface area contributed by atoms with Gasteiger partial charge in [-0.1, -0.05) is 0 Å². The van der Waals surface area contributed by atoms with Gasteiger partial charge in [0.05, 0.1) is 17.6 Å². The third kappa shape index (κ3) is 2.12. The van der Waals surface area contributed by atoms with Gasteiger partial charge in [0.15, 0.2) is 0 Å². The fraction of sp³-hybridized carbons (Fsp3) is 0.111. The normalized spacial score (nSPS) is 10.5. The van der Waals surface area contributed by atoms with Crippen molar-refractivity contribution in [1.82, 2.24) is 14.8 Å². The zero-order chi connectivity index (χ0) is 10.7. The van der Waals surface area contributed by atoms with Crippen molar-refractivity contribution in [1.29, 1.82) is 0 Å². The molecule has 4 N–H and O–H groups in total. The van der Waals surface area contributed by atoms with Gasteiger partial charge in [-0.15, -0.1) is 0 Å². The van der Waals surface area contributed by atoms with E-state index in [1.165, 1.54) is 0 Å². The van der Waals surface area contributed by atoms with Gasteiger partial charge in [-0.25, -0.2) is 10.6 Å². The molecule has 2 heterocycles. The van der Waals surface area contributed by atoms with Crippen molar-refractivity contribution in [2.75, 3.05) is 5.73 Å². The molecule has 6 nitrogen and oxygen atoms in total. The van der Waals surface area contributed by atoms with Crippen molar-refractivity contribution in [3.05, 3.63) is 36.3 Å². The van der Waals surface area contributed by atoms with Crippen molar-refractivity contribution < 1.29 is 4.84 Å². The van der Waals surface area contributed by atoms with E-state index in [9.17, 15) is 0 Å². The summed E-state index contributed by atoms with van der Waals surface area (Å²) in [4.78, 5) is 8.62. The van der Waals surface area contributed by atoms with E-state index in [2.05, 4.69) is 14.9 Å². The van der Waals surface area contributed by atoms with Crippen LogP contribution in [-0.2, 0) is 11.4 Å². The first-order chi connectivity index (χ1) is 7.29. The minimum Gasteiger partial charge on any atom is -0.382 e. The highest BCUT2D eigenvalue weighted by Gasteiger charge is 1.99. The Labute approximate surface area is 86.4 Å². The lowest BCUT2D eigenvalue weighted by Gasteiger charge is -2.02. The van der Waals surface area contributed by atoms with Crippen molar-refractivity contribution in [2.24, 2.45) is 5.90 Å². The van der Waals surface area contributed by atoms with Gasteiger partial charge in [-0.2, -0.15) is 5.10 Å². The van der Waals surface area contributed by atoms with Gasteiger partial charge < -0.3 is 5.73 Å². The first-order valence-corrected chi connectivity index (χ1v) is 4.38. The maximum Gasteiger partial charge on any atom is 0.145 e. The Hall–Kier alpha value is -1.92. The van der Waals surface area contributed by atoms with E-state index in [4.69, 9.17) is 11.6 Å².